The van der Waals surface area contributed by atoms with E-state index >= 15 is 0 Å². The Balaban J connectivity index is 1.53. The van der Waals surface area contributed by atoms with E-state index in [1.807, 2.05) is 13.0 Å². The minimum Gasteiger partial charge on any atom is -0.452 e. The lowest BCUT2D eigenvalue weighted by atomic mass is 10.1. The number of piperazine rings is 1. The standard InChI is InChI=1S/C20H21FN2O5S/c1-15-4-2-5-16(12-15)20(25)28-14-19(24)22-8-10-23(11-9-22)29(26,27)18-7-3-6-17(21)13-18/h2-7,12-13H,8-11,14H2,1H3. The third-order valence-electron chi connectivity index (χ3n) is 4.61. The van der Waals surface area contributed by atoms with E-state index in [1.165, 1.54) is 27.4 Å². The van der Waals surface area contributed by atoms with E-state index in [2.05, 4.69) is 0 Å². The number of ether oxygens (including phenoxy) is 1. The lowest BCUT2D eigenvalue weighted by Gasteiger charge is -2.33. The van der Waals surface area contributed by atoms with Crippen LogP contribution in [0.5, 0.6) is 0 Å². The van der Waals surface area contributed by atoms with Crippen LogP contribution in [0.25, 0.3) is 0 Å². The molecule has 1 saturated heterocycles. The summed E-state index contributed by atoms with van der Waals surface area (Å²) >= 11 is 0. The van der Waals surface area contributed by atoms with Crippen molar-refractivity contribution in [3.8, 4) is 0 Å². The lowest BCUT2D eigenvalue weighted by molar-refractivity contribution is -0.135. The first-order chi connectivity index (χ1) is 13.8. The molecule has 1 heterocycles. The number of hydrogen-bond donors (Lipinski definition) is 0. The maximum Gasteiger partial charge on any atom is 0.338 e. The van der Waals surface area contributed by atoms with Gasteiger partial charge in [0.1, 0.15) is 5.82 Å². The van der Waals surface area contributed by atoms with Crippen molar-refractivity contribution in [3.05, 3.63) is 65.5 Å². The Labute approximate surface area is 168 Å². The minimum atomic E-state index is -3.83. The third kappa shape index (κ3) is 4.99. The number of carbonyl (C=O) groups is 2. The van der Waals surface area contributed by atoms with Crippen molar-refractivity contribution in [3.63, 3.8) is 0 Å². The Morgan fingerprint density at radius 1 is 1.03 bits per heavy atom. The van der Waals surface area contributed by atoms with Crippen LogP contribution < -0.4 is 0 Å². The zero-order valence-electron chi connectivity index (χ0n) is 15.9. The summed E-state index contributed by atoms with van der Waals surface area (Å²) in [5, 5.41) is 0. The number of rotatable bonds is 5. The van der Waals surface area contributed by atoms with Gasteiger partial charge >= 0.3 is 5.97 Å². The number of carbonyl (C=O) groups excluding carboxylic acids is 2. The number of benzene rings is 2. The number of nitrogens with zero attached hydrogens (tertiary/aromatic N) is 2. The zero-order chi connectivity index (χ0) is 21.0. The van der Waals surface area contributed by atoms with Gasteiger partial charge < -0.3 is 9.64 Å². The van der Waals surface area contributed by atoms with Crippen molar-refractivity contribution < 1.29 is 27.1 Å². The predicted octanol–water partition coefficient (Wildman–Crippen LogP) is 1.82. The first-order valence-electron chi connectivity index (χ1n) is 9.04. The number of amides is 1. The summed E-state index contributed by atoms with van der Waals surface area (Å²) in [4.78, 5) is 25.7. The molecule has 1 aliphatic heterocycles. The summed E-state index contributed by atoms with van der Waals surface area (Å²) in [6.07, 6.45) is 0. The molecule has 1 aliphatic rings. The summed E-state index contributed by atoms with van der Waals surface area (Å²) in [6, 6.07) is 11.7. The molecule has 29 heavy (non-hydrogen) atoms. The zero-order valence-corrected chi connectivity index (χ0v) is 16.7. The molecule has 3 rings (SSSR count). The van der Waals surface area contributed by atoms with Gasteiger partial charge in [-0.2, -0.15) is 4.31 Å². The van der Waals surface area contributed by atoms with Crippen LogP contribution in [0.15, 0.2) is 53.4 Å². The molecule has 0 spiro atoms. The molecule has 0 N–H and O–H groups in total. The van der Waals surface area contributed by atoms with Crippen LogP contribution in [0.1, 0.15) is 15.9 Å². The summed E-state index contributed by atoms with van der Waals surface area (Å²) < 4.78 is 44.8. The average molecular weight is 420 g/mol. The number of aryl methyl sites for hydroxylation is 1. The molecule has 7 nitrogen and oxygen atoms in total. The molecule has 2 aromatic rings. The van der Waals surface area contributed by atoms with E-state index < -0.39 is 34.3 Å². The normalized spacial score (nSPS) is 15.2. The topological polar surface area (TPSA) is 84.0 Å². The molecule has 0 bridgehead atoms. The maximum atomic E-state index is 13.4. The second-order valence-electron chi connectivity index (χ2n) is 6.69. The van der Waals surface area contributed by atoms with Crippen molar-refractivity contribution >= 4 is 21.9 Å². The highest BCUT2D eigenvalue weighted by Crippen LogP contribution is 2.18. The molecule has 154 valence electrons. The Hall–Kier alpha value is -2.78. The highest BCUT2D eigenvalue weighted by Gasteiger charge is 2.30. The van der Waals surface area contributed by atoms with Gasteiger partial charge in [-0.1, -0.05) is 23.8 Å². The monoisotopic (exact) mass is 420 g/mol. The Morgan fingerprint density at radius 2 is 1.72 bits per heavy atom. The molecule has 2 aromatic carbocycles. The van der Waals surface area contributed by atoms with Crippen LogP contribution in [-0.4, -0.2) is 62.3 Å². The molecule has 9 heteroatoms. The maximum absolute atomic E-state index is 13.4. The van der Waals surface area contributed by atoms with Gasteiger partial charge in [0.15, 0.2) is 6.61 Å². The third-order valence-corrected chi connectivity index (χ3v) is 6.50. The van der Waals surface area contributed by atoms with Crippen LogP contribution in [0.4, 0.5) is 4.39 Å². The minimum absolute atomic E-state index is 0.0798. The van der Waals surface area contributed by atoms with Crippen molar-refractivity contribution in [1.29, 1.82) is 0 Å². The number of esters is 1. The van der Waals surface area contributed by atoms with Gasteiger partial charge in [0.25, 0.3) is 5.91 Å². The predicted molar refractivity (Wildman–Crippen MR) is 103 cm³/mol. The number of hydrogen-bond acceptors (Lipinski definition) is 5. The second-order valence-corrected chi connectivity index (χ2v) is 8.63. The fraction of sp³-hybridized carbons (Fsp3) is 0.300. The first-order valence-corrected chi connectivity index (χ1v) is 10.5. The molecular weight excluding hydrogens is 399 g/mol. The molecule has 1 amide bonds. The molecular formula is C20H21FN2O5S. The highest BCUT2D eigenvalue weighted by atomic mass is 32.2. The largest absolute Gasteiger partial charge is 0.452 e. The smallest absolute Gasteiger partial charge is 0.338 e. The fourth-order valence-electron chi connectivity index (χ4n) is 3.03. The van der Waals surface area contributed by atoms with Crippen LogP contribution in [-0.2, 0) is 19.6 Å². The molecule has 0 atom stereocenters. The Kier molecular flexibility index (Phi) is 6.29. The molecule has 0 unspecified atom stereocenters. The van der Waals surface area contributed by atoms with Crippen molar-refractivity contribution in [2.45, 2.75) is 11.8 Å². The van der Waals surface area contributed by atoms with E-state index in [-0.39, 0.29) is 31.1 Å². The first kappa shape index (κ1) is 20.9. The second kappa shape index (κ2) is 8.71. The van der Waals surface area contributed by atoms with Crippen LogP contribution in [0, 0.1) is 12.7 Å². The lowest BCUT2D eigenvalue weighted by Crippen LogP contribution is -2.51. The summed E-state index contributed by atoms with van der Waals surface area (Å²) in [6.45, 7) is 1.92. The summed E-state index contributed by atoms with van der Waals surface area (Å²) in [5.41, 5.74) is 1.27. The molecule has 0 saturated carbocycles. The SMILES string of the molecule is Cc1cccc(C(=O)OCC(=O)N2CCN(S(=O)(=O)c3cccc(F)c3)CC2)c1. The summed E-state index contributed by atoms with van der Waals surface area (Å²) in [7, 11) is -3.83. The average Bonchev–Trinajstić information content (AvgIpc) is 2.72. The van der Waals surface area contributed by atoms with Crippen molar-refractivity contribution in [2.75, 3.05) is 32.8 Å². The molecule has 1 fully saturated rings. The van der Waals surface area contributed by atoms with Gasteiger partial charge in [-0.15, -0.1) is 0 Å². The van der Waals surface area contributed by atoms with Gasteiger partial charge in [-0.25, -0.2) is 17.6 Å². The van der Waals surface area contributed by atoms with Gasteiger partial charge in [0.2, 0.25) is 10.0 Å². The van der Waals surface area contributed by atoms with Gasteiger partial charge in [-0.3, -0.25) is 4.79 Å². The summed E-state index contributed by atoms with van der Waals surface area (Å²) in [5.74, 6) is -1.61. The van der Waals surface area contributed by atoms with E-state index in [9.17, 15) is 22.4 Å². The number of sulfonamides is 1. The highest BCUT2D eigenvalue weighted by molar-refractivity contribution is 7.89. The van der Waals surface area contributed by atoms with E-state index in [1.54, 1.807) is 18.2 Å². The molecule has 0 aromatic heterocycles. The van der Waals surface area contributed by atoms with Crippen LogP contribution in [0.2, 0.25) is 0 Å². The van der Waals surface area contributed by atoms with Crippen molar-refractivity contribution in [2.24, 2.45) is 0 Å². The van der Waals surface area contributed by atoms with E-state index in [4.69, 9.17) is 4.74 Å². The molecule has 0 aliphatic carbocycles. The van der Waals surface area contributed by atoms with Crippen molar-refractivity contribution in [1.82, 2.24) is 9.21 Å². The Morgan fingerprint density at radius 3 is 2.38 bits per heavy atom. The van der Waals surface area contributed by atoms with E-state index in [0.717, 1.165) is 11.6 Å². The fourth-order valence-corrected chi connectivity index (χ4v) is 4.48. The van der Waals surface area contributed by atoms with Gasteiger partial charge in [-0.05, 0) is 37.3 Å². The van der Waals surface area contributed by atoms with Gasteiger partial charge in [0.05, 0.1) is 10.5 Å². The van der Waals surface area contributed by atoms with Crippen LogP contribution >= 0.6 is 0 Å². The van der Waals surface area contributed by atoms with E-state index in [0.29, 0.717) is 5.56 Å². The van der Waals surface area contributed by atoms with Crippen LogP contribution in [0.3, 0.4) is 0 Å². The Bertz CT molecular complexity index is 1020. The molecule has 0 radical (unpaired) electrons. The quantitative estimate of drug-likeness (QED) is 0.689. The van der Waals surface area contributed by atoms with Gasteiger partial charge in [0, 0.05) is 26.2 Å². The number of halogens is 1.